The zero-order chi connectivity index (χ0) is 7.98. The van der Waals surface area contributed by atoms with E-state index in [4.69, 9.17) is 10.8 Å². The van der Waals surface area contributed by atoms with Crippen LogP contribution in [0.15, 0.2) is 12.3 Å². The van der Waals surface area contributed by atoms with Crippen molar-refractivity contribution in [3.8, 4) is 0 Å². The summed E-state index contributed by atoms with van der Waals surface area (Å²) in [4.78, 5) is 19.8. The first-order chi connectivity index (χ1) is 4.63. The summed E-state index contributed by atoms with van der Waals surface area (Å²) in [6.07, 6.45) is 2.02. The maximum atomic E-state index is 10.0. The van der Waals surface area contributed by atoms with Gasteiger partial charge >= 0.3 is 5.97 Å². The first-order valence-electron chi connectivity index (χ1n) is 2.54. The molecule has 0 aromatic heterocycles. The van der Waals surface area contributed by atoms with Crippen LogP contribution < -0.4 is 11.1 Å². The fourth-order valence-corrected chi connectivity index (χ4v) is 0.290. The summed E-state index contributed by atoms with van der Waals surface area (Å²) in [7, 11) is 0. The zero-order valence-corrected chi connectivity index (χ0v) is 5.20. The average Bonchev–Trinajstić information content (AvgIpc) is 1.79. The van der Waals surface area contributed by atoms with E-state index in [2.05, 4.69) is 5.32 Å². The molecule has 4 N–H and O–H groups in total. The van der Waals surface area contributed by atoms with Gasteiger partial charge in [-0.1, -0.05) is 0 Å². The second kappa shape index (κ2) is 4.37. The van der Waals surface area contributed by atoms with Crippen LogP contribution in [0, 0.1) is 0 Å². The monoisotopic (exact) mass is 144 g/mol. The molecule has 5 heteroatoms. The van der Waals surface area contributed by atoms with Gasteiger partial charge in [0.15, 0.2) is 0 Å². The number of amides is 1. The number of carbonyl (C=O) groups is 2. The molecule has 0 heterocycles. The summed E-state index contributed by atoms with van der Waals surface area (Å²) < 4.78 is 0. The average molecular weight is 144 g/mol. The largest absolute Gasteiger partial charge is 0.478 e. The molecule has 0 bridgehead atoms. The fraction of sp³-hybridized carbons (Fsp3) is 0.200. The first-order valence-corrected chi connectivity index (χ1v) is 2.54. The molecule has 0 rings (SSSR count). The Kier molecular flexibility index (Phi) is 3.70. The molecule has 0 aliphatic carbocycles. The number of carboxylic acids is 1. The van der Waals surface area contributed by atoms with Crippen molar-refractivity contribution >= 4 is 11.9 Å². The molecule has 10 heavy (non-hydrogen) atoms. The molecule has 1 amide bonds. The van der Waals surface area contributed by atoms with Gasteiger partial charge in [0.25, 0.3) is 0 Å². The lowest BCUT2D eigenvalue weighted by atomic mass is 10.6. The zero-order valence-electron chi connectivity index (χ0n) is 5.20. The number of hydrogen-bond acceptors (Lipinski definition) is 3. The summed E-state index contributed by atoms with van der Waals surface area (Å²) in [5.74, 6) is -1.60. The van der Waals surface area contributed by atoms with Gasteiger partial charge in [-0.25, -0.2) is 4.79 Å². The lowest BCUT2D eigenvalue weighted by Gasteiger charge is -1.91. The van der Waals surface area contributed by atoms with Gasteiger partial charge in [-0.15, -0.1) is 0 Å². The third-order valence-electron chi connectivity index (χ3n) is 0.620. The van der Waals surface area contributed by atoms with Gasteiger partial charge in [0, 0.05) is 12.3 Å². The normalized spacial score (nSPS) is 9.60. The molecule has 0 aromatic carbocycles. The minimum atomic E-state index is -1.07. The van der Waals surface area contributed by atoms with Crippen molar-refractivity contribution in [2.45, 2.75) is 0 Å². The highest BCUT2D eigenvalue weighted by Crippen LogP contribution is 1.66. The topological polar surface area (TPSA) is 92.4 Å². The summed E-state index contributed by atoms with van der Waals surface area (Å²) in [5.41, 5.74) is 4.73. The van der Waals surface area contributed by atoms with Crippen molar-refractivity contribution in [1.82, 2.24) is 5.32 Å². The van der Waals surface area contributed by atoms with Gasteiger partial charge in [0.1, 0.15) is 0 Å². The van der Waals surface area contributed by atoms with Gasteiger partial charge in [-0.05, 0) is 0 Å². The number of rotatable bonds is 4. The van der Waals surface area contributed by atoms with Gasteiger partial charge in [-0.2, -0.15) is 0 Å². The molecule has 0 saturated heterocycles. The SMILES string of the molecule is NC(=O)CN/C=C/C(=O)O. The van der Waals surface area contributed by atoms with E-state index in [-0.39, 0.29) is 6.54 Å². The van der Waals surface area contributed by atoms with Crippen LogP contribution in [0.25, 0.3) is 0 Å². The van der Waals surface area contributed by atoms with Crippen LogP contribution in [0.5, 0.6) is 0 Å². The summed E-state index contributed by atoms with van der Waals surface area (Å²) in [6.45, 7) is -0.0518. The molecule has 0 radical (unpaired) electrons. The lowest BCUT2D eigenvalue weighted by molar-refractivity contribution is -0.131. The number of aliphatic carboxylic acids is 1. The van der Waals surface area contributed by atoms with Crippen LogP contribution in [0.2, 0.25) is 0 Å². The van der Waals surface area contributed by atoms with Gasteiger partial charge in [-0.3, -0.25) is 4.79 Å². The van der Waals surface area contributed by atoms with Crippen LogP contribution in [0.4, 0.5) is 0 Å². The van der Waals surface area contributed by atoms with Crippen LogP contribution >= 0.6 is 0 Å². The van der Waals surface area contributed by atoms with Gasteiger partial charge < -0.3 is 16.2 Å². The third kappa shape index (κ3) is 6.48. The van der Waals surface area contributed by atoms with Gasteiger partial charge in [0.2, 0.25) is 5.91 Å². The van der Waals surface area contributed by atoms with E-state index in [1.54, 1.807) is 0 Å². The molecular formula is C5H8N2O3. The van der Waals surface area contributed by atoms with Crippen LogP contribution in [-0.4, -0.2) is 23.5 Å². The number of nitrogens with two attached hydrogens (primary N) is 1. The van der Waals surface area contributed by atoms with Crippen LogP contribution in [-0.2, 0) is 9.59 Å². The van der Waals surface area contributed by atoms with Crippen molar-refractivity contribution in [3.05, 3.63) is 12.3 Å². The van der Waals surface area contributed by atoms with Crippen molar-refractivity contribution in [3.63, 3.8) is 0 Å². The predicted molar refractivity (Wildman–Crippen MR) is 34.0 cm³/mol. The van der Waals surface area contributed by atoms with Crippen LogP contribution in [0.1, 0.15) is 0 Å². The Morgan fingerprint density at radius 3 is 2.60 bits per heavy atom. The van der Waals surface area contributed by atoms with E-state index in [0.717, 1.165) is 12.3 Å². The second-order valence-corrected chi connectivity index (χ2v) is 1.52. The molecule has 0 aromatic rings. The highest BCUT2D eigenvalue weighted by atomic mass is 16.4. The molecule has 0 aliphatic heterocycles. The van der Waals surface area contributed by atoms with Crippen molar-refractivity contribution < 1.29 is 14.7 Å². The van der Waals surface area contributed by atoms with Crippen molar-refractivity contribution in [2.75, 3.05) is 6.54 Å². The maximum absolute atomic E-state index is 10.0. The molecule has 0 unspecified atom stereocenters. The molecule has 0 fully saturated rings. The predicted octanol–water partition coefficient (Wildman–Crippen LogP) is -1.34. The van der Waals surface area contributed by atoms with E-state index >= 15 is 0 Å². The summed E-state index contributed by atoms with van der Waals surface area (Å²) >= 11 is 0. The Balaban J connectivity index is 3.36. The molecule has 0 spiro atoms. The molecule has 0 atom stereocenters. The Hall–Kier alpha value is -1.52. The number of carbonyl (C=O) groups excluding carboxylic acids is 1. The lowest BCUT2D eigenvalue weighted by Crippen LogP contribution is -2.24. The van der Waals surface area contributed by atoms with Crippen molar-refractivity contribution in [1.29, 1.82) is 0 Å². The van der Waals surface area contributed by atoms with Crippen LogP contribution in [0.3, 0.4) is 0 Å². The van der Waals surface area contributed by atoms with E-state index < -0.39 is 11.9 Å². The Bertz CT molecular complexity index is 164. The molecular weight excluding hydrogens is 136 g/mol. The van der Waals surface area contributed by atoms with E-state index in [9.17, 15) is 9.59 Å². The Morgan fingerprint density at radius 1 is 1.60 bits per heavy atom. The smallest absolute Gasteiger partial charge is 0.329 e. The summed E-state index contributed by atoms with van der Waals surface area (Å²) in [6, 6.07) is 0. The van der Waals surface area contributed by atoms with Gasteiger partial charge in [0.05, 0.1) is 6.54 Å². The van der Waals surface area contributed by atoms with E-state index in [1.165, 1.54) is 0 Å². The quantitative estimate of drug-likeness (QED) is 0.426. The minimum absolute atomic E-state index is 0.0518. The molecule has 0 saturated carbocycles. The number of nitrogens with one attached hydrogen (secondary N) is 1. The fourth-order valence-electron chi connectivity index (χ4n) is 0.290. The first kappa shape index (κ1) is 8.48. The Labute approximate surface area is 57.5 Å². The molecule has 0 aliphatic rings. The highest BCUT2D eigenvalue weighted by Gasteiger charge is 1.87. The highest BCUT2D eigenvalue weighted by molar-refractivity contribution is 5.80. The minimum Gasteiger partial charge on any atom is -0.478 e. The standard InChI is InChI=1S/C5H8N2O3/c6-4(8)3-7-2-1-5(9)10/h1-2,7H,3H2,(H2,6,8)(H,9,10)/b2-1+. The third-order valence-corrected chi connectivity index (χ3v) is 0.620. The summed E-state index contributed by atoms with van der Waals surface area (Å²) in [5, 5.41) is 10.4. The molecule has 56 valence electrons. The Morgan fingerprint density at radius 2 is 2.20 bits per heavy atom. The number of hydrogen-bond donors (Lipinski definition) is 3. The maximum Gasteiger partial charge on any atom is 0.329 e. The second-order valence-electron chi connectivity index (χ2n) is 1.52. The molecule has 5 nitrogen and oxygen atoms in total. The number of primary amides is 1. The number of carboxylic acid groups (broad SMARTS) is 1. The van der Waals surface area contributed by atoms with E-state index in [1.807, 2.05) is 0 Å². The van der Waals surface area contributed by atoms with Crippen molar-refractivity contribution in [2.24, 2.45) is 5.73 Å². The van der Waals surface area contributed by atoms with E-state index in [0.29, 0.717) is 0 Å².